The van der Waals surface area contributed by atoms with E-state index in [1.54, 1.807) is 0 Å². The first kappa shape index (κ1) is 12.8. The summed E-state index contributed by atoms with van der Waals surface area (Å²) >= 11 is 0. The van der Waals surface area contributed by atoms with Crippen molar-refractivity contribution in [2.75, 3.05) is 19.8 Å². The number of fused-ring (bicyclic) bond motifs is 1. The van der Waals surface area contributed by atoms with Crippen LogP contribution in [0, 0.1) is 0 Å². The number of aliphatic hydroxyl groups is 1. The van der Waals surface area contributed by atoms with Crippen LogP contribution in [0.15, 0.2) is 18.2 Å². The first-order chi connectivity index (χ1) is 9.36. The summed E-state index contributed by atoms with van der Waals surface area (Å²) < 4.78 is 11.1. The maximum atomic E-state index is 9.61. The minimum Gasteiger partial charge on any atom is -0.486 e. The SMILES string of the molecule is OCC(NC1CCCC1)c1ccc2c(c1)OCCO2. The van der Waals surface area contributed by atoms with Gasteiger partial charge in [-0.1, -0.05) is 18.9 Å². The lowest BCUT2D eigenvalue weighted by Crippen LogP contribution is -2.32. The molecule has 0 amide bonds. The molecule has 3 rings (SSSR count). The van der Waals surface area contributed by atoms with Crippen LogP contribution in [0.4, 0.5) is 0 Å². The summed E-state index contributed by atoms with van der Waals surface area (Å²) in [5.74, 6) is 1.59. The molecule has 1 aromatic carbocycles. The zero-order valence-corrected chi connectivity index (χ0v) is 11.1. The molecular weight excluding hydrogens is 242 g/mol. The number of rotatable bonds is 4. The van der Waals surface area contributed by atoms with Crippen LogP contribution >= 0.6 is 0 Å². The molecule has 0 spiro atoms. The number of aliphatic hydroxyl groups excluding tert-OH is 1. The Kier molecular flexibility index (Phi) is 3.89. The van der Waals surface area contributed by atoms with E-state index < -0.39 is 0 Å². The second-order valence-corrected chi connectivity index (χ2v) is 5.29. The zero-order chi connectivity index (χ0) is 13.1. The van der Waals surface area contributed by atoms with Crippen LogP contribution in [0.5, 0.6) is 11.5 Å². The van der Waals surface area contributed by atoms with Gasteiger partial charge in [0, 0.05) is 6.04 Å². The van der Waals surface area contributed by atoms with Gasteiger partial charge in [0.15, 0.2) is 11.5 Å². The number of benzene rings is 1. The molecular formula is C15H21NO3. The van der Waals surface area contributed by atoms with Crippen LogP contribution in [-0.4, -0.2) is 31.0 Å². The topological polar surface area (TPSA) is 50.7 Å². The number of hydrogen-bond acceptors (Lipinski definition) is 4. The molecule has 1 fully saturated rings. The number of ether oxygens (including phenoxy) is 2. The lowest BCUT2D eigenvalue weighted by atomic mass is 10.0. The molecule has 19 heavy (non-hydrogen) atoms. The molecule has 1 aromatic rings. The van der Waals surface area contributed by atoms with Gasteiger partial charge in [-0.05, 0) is 30.5 Å². The van der Waals surface area contributed by atoms with Crippen molar-refractivity contribution < 1.29 is 14.6 Å². The molecule has 104 valence electrons. The number of nitrogens with one attached hydrogen (secondary N) is 1. The third-order valence-corrected chi connectivity index (χ3v) is 3.94. The van der Waals surface area contributed by atoms with Crippen molar-refractivity contribution in [1.82, 2.24) is 5.32 Å². The molecule has 1 aliphatic carbocycles. The molecule has 2 N–H and O–H groups in total. The molecule has 1 unspecified atom stereocenters. The van der Waals surface area contributed by atoms with Crippen molar-refractivity contribution in [3.05, 3.63) is 23.8 Å². The van der Waals surface area contributed by atoms with E-state index in [0.29, 0.717) is 19.3 Å². The van der Waals surface area contributed by atoms with E-state index >= 15 is 0 Å². The van der Waals surface area contributed by atoms with E-state index in [0.717, 1.165) is 17.1 Å². The van der Waals surface area contributed by atoms with Gasteiger partial charge in [-0.2, -0.15) is 0 Å². The summed E-state index contributed by atoms with van der Waals surface area (Å²) in [6.45, 7) is 1.31. The summed E-state index contributed by atoms with van der Waals surface area (Å²) in [6.07, 6.45) is 5.00. The monoisotopic (exact) mass is 263 g/mol. The highest BCUT2D eigenvalue weighted by atomic mass is 16.6. The normalized spacial score (nSPS) is 20.5. The van der Waals surface area contributed by atoms with Crippen LogP contribution < -0.4 is 14.8 Å². The molecule has 2 aliphatic rings. The molecule has 1 atom stereocenters. The van der Waals surface area contributed by atoms with Gasteiger partial charge < -0.3 is 19.9 Å². The van der Waals surface area contributed by atoms with E-state index in [2.05, 4.69) is 5.32 Å². The van der Waals surface area contributed by atoms with Gasteiger partial charge in [-0.25, -0.2) is 0 Å². The van der Waals surface area contributed by atoms with Crippen molar-refractivity contribution in [1.29, 1.82) is 0 Å². The Balaban J connectivity index is 1.74. The first-order valence-corrected chi connectivity index (χ1v) is 7.13. The summed E-state index contributed by atoms with van der Waals surface area (Å²) in [6, 6.07) is 6.44. The van der Waals surface area contributed by atoms with Crippen molar-refractivity contribution in [2.24, 2.45) is 0 Å². The highest BCUT2D eigenvalue weighted by molar-refractivity contribution is 5.44. The summed E-state index contributed by atoms with van der Waals surface area (Å²) in [5, 5.41) is 13.2. The highest BCUT2D eigenvalue weighted by Crippen LogP contribution is 2.33. The molecule has 0 radical (unpaired) electrons. The molecule has 0 bridgehead atoms. The average molecular weight is 263 g/mol. The van der Waals surface area contributed by atoms with Gasteiger partial charge in [-0.3, -0.25) is 0 Å². The summed E-state index contributed by atoms with van der Waals surface area (Å²) in [7, 11) is 0. The standard InChI is InChI=1S/C15H21NO3/c17-10-13(16-12-3-1-2-4-12)11-5-6-14-15(9-11)19-8-7-18-14/h5-6,9,12-13,16-17H,1-4,7-8,10H2. The Morgan fingerprint density at radius 1 is 1.16 bits per heavy atom. The lowest BCUT2D eigenvalue weighted by molar-refractivity contribution is 0.170. The van der Waals surface area contributed by atoms with Gasteiger partial charge in [-0.15, -0.1) is 0 Å². The van der Waals surface area contributed by atoms with Crippen LogP contribution in [0.25, 0.3) is 0 Å². The van der Waals surface area contributed by atoms with E-state index in [9.17, 15) is 5.11 Å². The van der Waals surface area contributed by atoms with Gasteiger partial charge in [0.25, 0.3) is 0 Å². The zero-order valence-electron chi connectivity index (χ0n) is 11.1. The molecule has 4 nitrogen and oxygen atoms in total. The predicted octanol–water partition coefficient (Wildman–Crippen LogP) is 2.02. The molecule has 1 heterocycles. The van der Waals surface area contributed by atoms with Crippen molar-refractivity contribution in [3.63, 3.8) is 0 Å². The Morgan fingerprint density at radius 2 is 1.89 bits per heavy atom. The Labute approximate surface area is 113 Å². The minimum absolute atomic E-state index is 0.0149. The van der Waals surface area contributed by atoms with Gasteiger partial charge in [0.2, 0.25) is 0 Å². The first-order valence-electron chi connectivity index (χ1n) is 7.13. The van der Waals surface area contributed by atoms with Crippen LogP contribution in [0.2, 0.25) is 0 Å². The molecule has 0 saturated heterocycles. The van der Waals surface area contributed by atoms with Gasteiger partial charge in [0.1, 0.15) is 13.2 Å². The van der Waals surface area contributed by atoms with Crippen molar-refractivity contribution in [2.45, 2.75) is 37.8 Å². The third kappa shape index (κ3) is 2.85. The van der Waals surface area contributed by atoms with Crippen LogP contribution in [0.3, 0.4) is 0 Å². The fraction of sp³-hybridized carbons (Fsp3) is 0.600. The van der Waals surface area contributed by atoms with E-state index in [-0.39, 0.29) is 12.6 Å². The quantitative estimate of drug-likeness (QED) is 0.872. The predicted molar refractivity (Wildman–Crippen MR) is 72.7 cm³/mol. The largest absolute Gasteiger partial charge is 0.486 e. The third-order valence-electron chi connectivity index (χ3n) is 3.94. The minimum atomic E-state index is -0.0149. The van der Waals surface area contributed by atoms with Gasteiger partial charge in [0.05, 0.1) is 12.6 Å². The fourth-order valence-corrected chi connectivity index (χ4v) is 2.91. The maximum Gasteiger partial charge on any atom is 0.161 e. The van der Waals surface area contributed by atoms with E-state index in [4.69, 9.17) is 9.47 Å². The van der Waals surface area contributed by atoms with E-state index in [1.165, 1.54) is 25.7 Å². The van der Waals surface area contributed by atoms with Crippen molar-refractivity contribution in [3.8, 4) is 11.5 Å². The van der Waals surface area contributed by atoms with Crippen molar-refractivity contribution >= 4 is 0 Å². The Bertz CT molecular complexity index is 429. The second kappa shape index (κ2) is 5.80. The summed E-state index contributed by atoms with van der Waals surface area (Å²) in [4.78, 5) is 0. The second-order valence-electron chi connectivity index (χ2n) is 5.29. The van der Waals surface area contributed by atoms with E-state index in [1.807, 2.05) is 18.2 Å². The molecule has 4 heteroatoms. The average Bonchev–Trinajstić information content (AvgIpc) is 2.97. The smallest absolute Gasteiger partial charge is 0.161 e. The maximum absolute atomic E-state index is 9.61. The van der Waals surface area contributed by atoms with Crippen LogP contribution in [0.1, 0.15) is 37.3 Å². The fourth-order valence-electron chi connectivity index (χ4n) is 2.91. The lowest BCUT2D eigenvalue weighted by Gasteiger charge is -2.24. The Hall–Kier alpha value is -1.26. The molecule has 1 aliphatic heterocycles. The van der Waals surface area contributed by atoms with Gasteiger partial charge >= 0.3 is 0 Å². The molecule has 0 aromatic heterocycles. The number of hydrogen-bond donors (Lipinski definition) is 2. The van der Waals surface area contributed by atoms with Crippen LogP contribution in [-0.2, 0) is 0 Å². The highest BCUT2D eigenvalue weighted by Gasteiger charge is 2.21. The molecule has 1 saturated carbocycles. The summed E-state index contributed by atoms with van der Waals surface area (Å²) in [5.41, 5.74) is 1.07. The Morgan fingerprint density at radius 3 is 2.63 bits per heavy atom.